The van der Waals surface area contributed by atoms with Crippen molar-refractivity contribution in [3.05, 3.63) is 165 Å². The molecule has 0 spiro atoms. The number of aromatic nitrogens is 4. The lowest BCUT2D eigenvalue weighted by Crippen LogP contribution is -2.62. The molecule has 4 saturated heterocycles. The average molecular weight is 1150 g/mol. The van der Waals surface area contributed by atoms with Crippen molar-refractivity contribution in [3.8, 4) is 11.8 Å². The summed E-state index contributed by atoms with van der Waals surface area (Å²) in [6, 6.07) is 31.1. The highest BCUT2D eigenvalue weighted by atomic mass is 35.5. The van der Waals surface area contributed by atoms with Crippen molar-refractivity contribution in [3.63, 3.8) is 0 Å². The van der Waals surface area contributed by atoms with E-state index < -0.39 is 5.60 Å². The molecular formula is C62H68Cl2N12O6. The number of nitrogens with zero attached hydrogens (tertiary/aromatic N) is 10. The number of amides is 2. The van der Waals surface area contributed by atoms with E-state index >= 15 is 0 Å². The van der Waals surface area contributed by atoms with Gasteiger partial charge in [0.25, 0.3) is 0 Å². The lowest BCUT2D eigenvalue weighted by molar-refractivity contribution is -0.0722. The third kappa shape index (κ3) is 14.1. The third-order valence-electron chi connectivity index (χ3n) is 15.6. The molecule has 4 atom stereocenters. The van der Waals surface area contributed by atoms with Gasteiger partial charge in [-0.2, -0.15) is 0 Å². The minimum Gasteiger partial charge on any atom is -0.473 e. The van der Waals surface area contributed by atoms with Crippen LogP contribution in [-0.2, 0) is 22.6 Å². The van der Waals surface area contributed by atoms with Crippen LogP contribution in [0.1, 0.15) is 62.8 Å². The molecule has 2 aromatic heterocycles. The molecule has 11 rings (SSSR count). The number of hydrogen-bond donors (Lipinski definition) is 2. The maximum Gasteiger partial charge on any atom is 0.410 e. The number of hydrogen-bond acceptors (Lipinski definition) is 14. The van der Waals surface area contributed by atoms with Crippen molar-refractivity contribution in [1.82, 2.24) is 39.5 Å². The molecule has 4 aromatic carbocycles. The highest BCUT2D eigenvalue weighted by Gasteiger charge is 2.49. The van der Waals surface area contributed by atoms with Crippen molar-refractivity contribution >= 4 is 69.8 Å². The average Bonchev–Trinajstić information content (AvgIpc) is 4.30. The van der Waals surface area contributed by atoms with Crippen LogP contribution < -0.4 is 20.1 Å². The first kappa shape index (κ1) is 57.5. The Hall–Kier alpha value is -7.74. The van der Waals surface area contributed by atoms with Crippen LogP contribution in [0, 0.1) is 50.7 Å². The van der Waals surface area contributed by atoms with Gasteiger partial charge in [-0.05, 0) is 89.8 Å². The van der Waals surface area contributed by atoms with E-state index in [0.717, 1.165) is 63.2 Å². The minimum absolute atomic E-state index is 0.0696. The fourth-order valence-corrected chi connectivity index (χ4v) is 11.8. The predicted molar refractivity (Wildman–Crippen MR) is 315 cm³/mol. The van der Waals surface area contributed by atoms with Gasteiger partial charge in [0, 0.05) is 89.1 Å². The maximum atomic E-state index is 13.1. The molecule has 1 aliphatic carbocycles. The zero-order valence-corrected chi connectivity index (χ0v) is 48.5. The number of carbonyl (C=O) groups excluding carboxylic acids is 2. The summed E-state index contributed by atoms with van der Waals surface area (Å²) >= 11 is 12.8. The first-order valence-electron chi connectivity index (χ1n) is 27.7. The Morgan fingerprint density at radius 3 is 1.38 bits per heavy atom. The van der Waals surface area contributed by atoms with Crippen molar-refractivity contribution in [2.24, 2.45) is 23.7 Å². The molecule has 4 unspecified atom stereocenters. The van der Waals surface area contributed by atoms with E-state index in [-0.39, 0.29) is 53.7 Å². The molecule has 20 heteroatoms. The topological polar surface area (TPSA) is 168 Å². The summed E-state index contributed by atoms with van der Waals surface area (Å²) in [5.74, 6) is 2.49. The second-order valence-corrected chi connectivity index (χ2v) is 24.1. The number of nitrogens with one attached hydrogen (secondary N) is 2. The van der Waals surface area contributed by atoms with Gasteiger partial charge in [-0.25, -0.2) is 39.2 Å². The molecule has 6 aromatic rings. The summed E-state index contributed by atoms with van der Waals surface area (Å²) in [6.07, 6.45) is 4.07. The quantitative estimate of drug-likeness (QED) is 0.105. The van der Waals surface area contributed by atoms with Crippen LogP contribution in [0.2, 0.25) is 10.0 Å². The molecule has 5 fully saturated rings. The highest BCUT2D eigenvalue weighted by Crippen LogP contribution is 2.42. The number of anilines is 4. The summed E-state index contributed by atoms with van der Waals surface area (Å²) in [5.41, 5.74) is 5.43. The molecule has 426 valence electrons. The van der Waals surface area contributed by atoms with E-state index in [1.807, 2.05) is 63.5 Å². The third-order valence-corrected chi connectivity index (χ3v) is 16.2. The lowest BCUT2D eigenvalue weighted by atomic mass is 9.81. The Balaban J connectivity index is 0.000000184. The van der Waals surface area contributed by atoms with Crippen LogP contribution in [0.15, 0.2) is 110 Å². The summed E-state index contributed by atoms with van der Waals surface area (Å²) in [4.78, 5) is 59.3. The van der Waals surface area contributed by atoms with Crippen molar-refractivity contribution < 1.29 is 28.5 Å². The maximum absolute atomic E-state index is 13.1. The van der Waals surface area contributed by atoms with Crippen LogP contribution in [0.5, 0.6) is 11.8 Å². The number of ether oxygens (including phenoxy) is 4. The first-order chi connectivity index (χ1) is 39.4. The minimum atomic E-state index is -0.556. The monoisotopic (exact) mass is 1150 g/mol. The molecule has 5 aliphatic rings. The normalized spacial score (nSPS) is 21.8. The van der Waals surface area contributed by atoms with Crippen LogP contribution in [-0.4, -0.2) is 127 Å². The van der Waals surface area contributed by atoms with Gasteiger partial charge in [0.2, 0.25) is 11.8 Å². The van der Waals surface area contributed by atoms with Crippen LogP contribution >= 0.6 is 23.2 Å². The van der Waals surface area contributed by atoms with E-state index in [2.05, 4.69) is 98.6 Å². The summed E-state index contributed by atoms with van der Waals surface area (Å²) < 4.78 is 24.9. The van der Waals surface area contributed by atoms with E-state index in [1.54, 1.807) is 36.4 Å². The second-order valence-electron chi connectivity index (χ2n) is 23.3. The van der Waals surface area contributed by atoms with Gasteiger partial charge < -0.3 is 39.4 Å². The van der Waals surface area contributed by atoms with Crippen LogP contribution in [0.25, 0.3) is 9.69 Å². The molecule has 4 aliphatic heterocycles. The number of benzene rings is 4. The lowest BCUT2D eigenvalue weighted by Gasteiger charge is -2.50. The van der Waals surface area contributed by atoms with Crippen molar-refractivity contribution in [2.45, 2.75) is 90.9 Å². The Kier molecular flexibility index (Phi) is 17.4. The Morgan fingerprint density at radius 2 is 1.01 bits per heavy atom. The van der Waals surface area contributed by atoms with Gasteiger partial charge in [-0.1, -0.05) is 96.0 Å². The fourth-order valence-electron chi connectivity index (χ4n) is 11.3. The van der Waals surface area contributed by atoms with Crippen molar-refractivity contribution in [2.75, 3.05) is 63.0 Å². The van der Waals surface area contributed by atoms with Gasteiger partial charge in [0.1, 0.15) is 47.7 Å². The SMILES string of the molecule is [C-]#[N+]c1ccc(Nc2ncnc(OC3C4CN(Cc5ccccc5)CC3CN(C(=O)OC(C)(C)C)C4)c2C)c(Cl)c1.[C-]#[N+]c1ccc(Nc2ncnc(OC3C4CN(Cc5ccccc5)CC3CN(C(=O)OC3(C)CC3)C4)c2C)c(Cl)c1. The second kappa shape index (κ2) is 24.8. The number of piperidine rings is 4. The molecular weight excluding hydrogens is 1080 g/mol. The molecule has 0 radical (unpaired) electrons. The van der Waals surface area contributed by atoms with Crippen molar-refractivity contribution in [1.29, 1.82) is 0 Å². The molecule has 4 bridgehead atoms. The van der Waals surface area contributed by atoms with E-state index in [9.17, 15) is 9.59 Å². The highest BCUT2D eigenvalue weighted by molar-refractivity contribution is 6.34. The van der Waals surface area contributed by atoms with Crippen LogP contribution in [0.3, 0.4) is 0 Å². The summed E-state index contributed by atoms with van der Waals surface area (Å²) in [7, 11) is 0. The Morgan fingerprint density at radius 1 is 0.610 bits per heavy atom. The number of rotatable bonds is 13. The van der Waals surface area contributed by atoms with Gasteiger partial charge in [0.05, 0.1) is 45.7 Å². The van der Waals surface area contributed by atoms with Gasteiger partial charge in [0.15, 0.2) is 11.4 Å². The van der Waals surface area contributed by atoms with Gasteiger partial charge in [-0.3, -0.25) is 9.80 Å². The molecule has 18 nitrogen and oxygen atoms in total. The summed E-state index contributed by atoms with van der Waals surface area (Å²) in [5, 5.41) is 7.38. The smallest absolute Gasteiger partial charge is 0.410 e. The van der Waals surface area contributed by atoms with E-state index in [4.69, 9.17) is 55.3 Å². The summed E-state index contributed by atoms with van der Waals surface area (Å²) in [6.45, 7) is 33.0. The predicted octanol–water partition coefficient (Wildman–Crippen LogP) is 12.7. The largest absolute Gasteiger partial charge is 0.473 e. The zero-order valence-electron chi connectivity index (χ0n) is 47.0. The standard InChI is InChI=1S/C31H33ClN6O3.C31H35ClN6O3/c1-20-28(36-26-10-9-24(33-3)13-25(26)32)34-19-35-29(20)40-27-22-15-37(14-21-7-5-4-6-8-21)16-23(27)18-38(17-22)30(39)41-31(2)11-12-31;1-20-28(36-26-12-11-24(33-5)13-25(26)32)34-19-35-29(20)40-27-22-15-37(14-21-9-7-6-8-10-21)16-23(27)18-38(17-22)30(39)41-31(2,3)4/h4-10,13,19,22-23,27H,11-12,14-18H2,1-2H3,(H,34,35,36);6-13,19,22-23,27H,14-18H2,1-4H3,(H,34,35,36). The molecule has 2 amide bonds. The van der Waals surface area contributed by atoms with E-state index in [1.165, 1.54) is 23.8 Å². The zero-order chi connectivity index (χ0) is 57.7. The number of halogens is 2. The molecule has 82 heavy (non-hydrogen) atoms. The first-order valence-corrected chi connectivity index (χ1v) is 28.5. The number of fused-ring (bicyclic) bond motifs is 4. The van der Waals surface area contributed by atoms with Gasteiger partial charge >= 0.3 is 12.2 Å². The van der Waals surface area contributed by atoms with E-state index in [0.29, 0.717) is 82.4 Å². The fraction of sp³-hybridized carbons (Fsp3) is 0.419. The molecule has 2 N–H and O–H groups in total. The molecule has 6 heterocycles. The van der Waals surface area contributed by atoms with Gasteiger partial charge in [-0.15, -0.1) is 0 Å². The Labute approximate surface area is 489 Å². The number of likely N-dealkylation sites (tertiary alicyclic amines) is 4. The van der Waals surface area contributed by atoms with Crippen LogP contribution in [0.4, 0.5) is 44.0 Å². The Bertz CT molecular complexity index is 3110. The number of carbonyl (C=O) groups is 2. The molecule has 1 saturated carbocycles.